The minimum atomic E-state index is 0.0344. The van der Waals surface area contributed by atoms with Gasteiger partial charge in [-0.2, -0.15) is 0 Å². The van der Waals surface area contributed by atoms with Gasteiger partial charge in [0.05, 0.1) is 6.61 Å². The van der Waals surface area contributed by atoms with Gasteiger partial charge in [0.15, 0.2) is 0 Å². The average molecular weight is 445 g/mol. The standard InChI is InChI=1S/C30H52O2/c1-6-21(2)17-20-32-28(31)15-10-22(3)25-13-14-26-24-12-11-23-9-7-8-18-29(23,4)27(24)16-19-30(25,26)5/h21-27H,6-20H2,1-5H3/t21?,22-,23-,24-,25?,26?,27?,29-,30+/m0/s1. The highest BCUT2D eigenvalue weighted by Crippen LogP contribution is 2.68. The lowest BCUT2D eigenvalue weighted by molar-refractivity contribution is -0.144. The highest BCUT2D eigenvalue weighted by molar-refractivity contribution is 5.69. The van der Waals surface area contributed by atoms with E-state index in [1.807, 2.05) is 0 Å². The van der Waals surface area contributed by atoms with E-state index in [-0.39, 0.29) is 5.97 Å². The third-order valence-electron chi connectivity index (χ3n) is 11.7. The molecule has 0 aliphatic heterocycles. The molecule has 0 heterocycles. The predicted molar refractivity (Wildman–Crippen MR) is 133 cm³/mol. The van der Waals surface area contributed by atoms with Crippen molar-refractivity contribution in [3.05, 3.63) is 0 Å². The number of fused-ring (bicyclic) bond motifs is 5. The maximum Gasteiger partial charge on any atom is 0.305 e. The number of hydrogen-bond acceptors (Lipinski definition) is 2. The van der Waals surface area contributed by atoms with Crippen molar-refractivity contribution in [2.24, 2.45) is 52.3 Å². The van der Waals surface area contributed by atoms with Gasteiger partial charge in [-0.3, -0.25) is 4.79 Å². The van der Waals surface area contributed by atoms with E-state index in [1.165, 1.54) is 64.2 Å². The summed E-state index contributed by atoms with van der Waals surface area (Å²) in [6, 6.07) is 0. The molecule has 0 aromatic rings. The lowest BCUT2D eigenvalue weighted by atomic mass is 9.44. The van der Waals surface area contributed by atoms with Gasteiger partial charge < -0.3 is 4.74 Å². The van der Waals surface area contributed by atoms with E-state index in [0.29, 0.717) is 35.7 Å². The molecule has 0 saturated heterocycles. The summed E-state index contributed by atoms with van der Waals surface area (Å²) in [4.78, 5) is 12.3. The topological polar surface area (TPSA) is 26.3 Å². The Kier molecular flexibility index (Phi) is 7.68. The second kappa shape index (κ2) is 9.99. The molecule has 0 spiro atoms. The van der Waals surface area contributed by atoms with Gasteiger partial charge in [-0.1, -0.05) is 53.9 Å². The molecule has 2 nitrogen and oxygen atoms in total. The van der Waals surface area contributed by atoms with E-state index < -0.39 is 0 Å². The zero-order chi connectivity index (χ0) is 22.9. The molecule has 2 heteroatoms. The summed E-state index contributed by atoms with van der Waals surface area (Å²) in [5.74, 6) is 6.07. The molecular weight excluding hydrogens is 392 g/mol. The van der Waals surface area contributed by atoms with Crippen molar-refractivity contribution < 1.29 is 9.53 Å². The molecule has 4 saturated carbocycles. The van der Waals surface area contributed by atoms with Crippen molar-refractivity contribution in [1.82, 2.24) is 0 Å². The Bertz CT molecular complexity index is 643. The van der Waals surface area contributed by atoms with Crippen molar-refractivity contribution in [3.8, 4) is 0 Å². The minimum Gasteiger partial charge on any atom is -0.466 e. The third-order valence-corrected chi connectivity index (χ3v) is 11.7. The molecule has 0 amide bonds. The van der Waals surface area contributed by atoms with Crippen LogP contribution in [0.5, 0.6) is 0 Å². The Morgan fingerprint density at radius 3 is 2.47 bits per heavy atom. The fraction of sp³-hybridized carbons (Fsp3) is 0.967. The van der Waals surface area contributed by atoms with Crippen molar-refractivity contribution >= 4 is 5.97 Å². The van der Waals surface area contributed by atoms with Crippen LogP contribution in [0.2, 0.25) is 0 Å². The molecule has 4 aliphatic rings. The van der Waals surface area contributed by atoms with E-state index in [2.05, 4.69) is 34.6 Å². The number of hydrogen-bond donors (Lipinski definition) is 0. The first-order valence-electron chi connectivity index (χ1n) is 14.4. The molecular formula is C30H52O2. The van der Waals surface area contributed by atoms with Crippen LogP contribution in [-0.2, 0) is 9.53 Å². The van der Waals surface area contributed by atoms with Gasteiger partial charge in [0.25, 0.3) is 0 Å². The summed E-state index contributed by atoms with van der Waals surface area (Å²) in [7, 11) is 0. The monoisotopic (exact) mass is 444 g/mol. The average Bonchev–Trinajstić information content (AvgIpc) is 3.14. The fourth-order valence-electron chi connectivity index (χ4n) is 9.47. The zero-order valence-electron chi connectivity index (χ0n) is 22.0. The van der Waals surface area contributed by atoms with Gasteiger partial charge in [0.2, 0.25) is 0 Å². The molecule has 0 aromatic carbocycles. The van der Waals surface area contributed by atoms with Crippen LogP contribution in [0.1, 0.15) is 125 Å². The maximum atomic E-state index is 12.3. The first-order chi connectivity index (χ1) is 15.3. The maximum absolute atomic E-state index is 12.3. The highest BCUT2D eigenvalue weighted by atomic mass is 16.5. The molecule has 0 N–H and O–H groups in total. The van der Waals surface area contributed by atoms with Crippen LogP contribution in [0, 0.1) is 52.3 Å². The Labute approximate surface area is 199 Å². The van der Waals surface area contributed by atoms with Gasteiger partial charge >= 0.3 is 5.97 Å². The van der Waals surface area contributed by atoms with Crippen LogP contribution in [-0.4, -0.2) is 12.6 Å². The third kappa shape index (κ3) is 4.55. The van der Waals surface area contributed by atoms with Crippen molar-refractivity contribution in [2.75, 3.05) is 6.61 Å². The van der Waals surface area contributed by atoms with E-state index in [1.54, 1.807) is 0 Å². The molecule has 0 aromatic heterocycles. The van der Waals surface area contributed by atoms with Crippen LogP contribution in [0.3, 0.4) is 0 Å². The predicted octanol–water partition coefficient (Wildman–Crippen LogP) is 8.43. The van der Waals surface area contributed by atoms with Crippen LogP contribution in [0.25, 0.3) is 0 Å². The first-order valence-corrected chi connectivity index (χ1v) is 14.4. The van der Waals surface area contributed by atoms with Gasteiger partial charge in [0.1, 0.15) is 0 Å². The Morgan fingerprint density at radius 1 is 0.906 bits per heavy atom. The van der Waals surface area contributed by atoms with Crippen molar-refractivity contribution in [2.45, 2.75) is 125 Å². The molecule has 184 valence electrons. The first kappa shape index (κ1) is 24.6. The van der Waals surface area contributed by atoms with Crippen LogP contribution in [0.4, 0.5) is 0 Å². The van der Waals surface area contributed by atoms with E-state index >= 15 is 0 Å². The number of carbonyl (C=O) groups excluding carboxylic acids is 1. The molecule has 0 radical (unpaired) electrons. The zero-order valence-corrected chi connectivity index (χ0v) is 22.0. The number of rotatable bonds is 8. The van der Waals surface area contributed by atoms with Crippen LogP contribution in [0.15, 0.2) is 0 Å². The summed E-state index contributed by atoms with van der Waals surface area (Å²) in [5.41, 5.74) is 1.16. The second-order valence-corrected chi connectivity index (χ2v) is 13.2. The number of ether oxygens (including phenoxy) is 1. The van der Waals surface area contributed by atoms with Crippen LogP contribution >= 0.6 is 0 Å². The van der Waals surface area contributed by atoms with Crippen molar-refractivity contribution in [1.29, 1.82) is 0 Å². The molecule has 4 unspecified atom stereocenters. The van der Waals surface area contributed by atoms with Crippen LogP contribution < -0.4 is 0 Å². The molecule has 32 heavy (non-hydrogen) atoms. The highest BCUT2D eigenvalue weighted by Gasteiger charge is 2.60. The van der Waals surface area contributed by atoms with Gasteiger partial charge in [0, 0.05) is 6.42 Å². The normalized spacial score (nSPS) is 43.0. The van der Waals surface area contributed by atoms with E-state index in [4.69, 9.17) is 4.74 Å². The minimum absolute atomic E-state index is 0.0344. The van der Waals surface area contributed by atoms with Crippen molar-refractivity contribution in [3.63, 3.8) is 0 Å². The fourth-order valence-corrected chi connectivity index (χ4v) is 9.47. The second-order valence-electron chi connectivity index (χ2n) is 13.2. The lowest BCUT2D eigenvalue weighted by Gasteiger charge is -2.61. The molecule has 9 atom stereocenters. The molecule has 0 bridgehead atoms. The van der Waals surface area contributed by atoms with Gasteiger partial charge in [-0.25, -0.2) is 0 Å². The Hall–Kier alpha value is -0.530. The number of carbonyl (C=O) groups is 1. The van der Waals surface area contributed by atoms with Gasteiger partial charge in [-0.15, -0.1) is 0 Å². The lowest BCUT2D eigenvalue weighted by Crippen LogP contribution is -2.53. The largest absolute Gasteiger partial charge is 0.466 e. The molecule has 4 aliphatic carbocycles. The summed E-state index contributed by atoms with van der Waals surface area (Å²) in [5, 5.41) is 0. The number of esters is 1. The Morgan fingerprint density at radius 2 is 1.69 bits per heavy atom. The smallest absolute Gasteiger partial charge is 0.305 e. The molecule has 4 fully saturated rings. The van der Waals surface area contributed by atoms with Gasteiger partial charge in [-0.05, 0) is 116 Å². The summed E-state index contributed by atoms with van der Waals surface area (Å²) in [6.45, 7) is 12.8. The SMILES string of the molecule is CCC(C)CCOC(=O)CC[C@H](C)C1CCC2[C@@H]3CC[C@@H]4CCCC[C@]4(C)C3CC[C@@]21C. The summed E-state index contributed by atoms with van der Waals surface area (Å²) < 4.78 is 5.55. The quantitative estimate of drug-likeness (QED) is 0.351. The van der Waals surface area contributed by atoms with E-state index in [9.17, 15) is 4.79 Å². The Balaban J connectivity index is 1.33. The summed E-state index contributed by atoms with van der Waals surface area (Å²) >= 11 is 0. The molecule has 4 rings (SSSR count). The summed E-state index contributed by atoms with van der Waals surface area (Å²) in [6.07, 6.45) is 18.6. The van der Waals surface area contributed by atoms with E-state index in [0.717, 1.165) is 48.9 Å².